The fraction of sp³-hybridized carbons (Fsp3) is 0.348. The van der Waals surface area contributed by atoms with E-state index in [1.165, 1.54) is 12.1 Å². The lowest BCUT2D eigenvalue weighted by Crippen LogP contribution is -2.52. The lowest BCUT2D eigenvalue weighted by Gasteiger charge is -2.41. The van der Waals surface area contributed by atoms with Crippen molar-refractivity contribution in [2.45, 2.75) is 33.7 Å². The molecule has 0 N–H and O–H groups in total. The predicted molar refractivity (Wildman–Crippen MR) is 118 cm³/mol. The monoisotopic (exact) mass is 411 g/mol. The molecule has 2 aromatic rings. The van der Waals surface area contributed by atoms with E-state index in [-0.39, 0.29) is 17.7 Å². The number of piperazine rings is 1. The molecule has 1 atom stereocenters. The van der Waals surface area contributed by atoms with Crippen LogP contribution in [-0.2, 0) is 0 Å². The van der Waals surface area contributed by atoms with Gasteiger partial charge in [0.05, 0.1) is 5.69 Å². The van der Waals surface area contributed by atoms with Crippen molar-refractivity contribution in [2.24, 2.45) is 4.99 Å². The number of rotatable bonds is 5. The Balaban J connectivity index is 1.87. The zero-order valence-electron chi connectivity index (χ0n) is 17.9. The molecule has 7 heteroatoms. The average Bonchev–Trinajstić information content (AvgIpc) is 2.70. The summed E-state index contributed by atoms with van der Waals surface area (Å²) in [4.78, 5) is 17.3. The van der Waals surface area contributed by atoms with Gasteiger partial charge < -0.3 is 9.80 Å². The van der Waals surface area contributed by atoms with Crippen LogP contribution in [0.1, 0.15) is 25.1 Å². The molecule has 0 saturated carbocycles. The number of aliphatic imine (C=N–C) groups is 1. The van der Waals surface area contributed by atoms with Gasteiger partial charge in [-0.3, -0.25) is 0 Å². The molecule has 1 fully saturated rings. The number of aromatic nitrogens is 2. The van der Waals surface area contributed by atoms with Crippen LogP contribution in [0.2, 0.25) is 0 Å². The molecule has 30 heavy (non-hydrogen) atoms. The quantitative estimate of drug-likeness (QED) is 0.522. The van der Waals surface area contributed by atoms with Crippen molar-refractivity contribution in [3.63, 3.8) is 0 Å². The summed E-state index contributed by atoms with van der Waals surface area (Å²) in [7, 11) is 0. The summed E-state index contributed by atoms with van der Waals surface area (Å²) in [6.07, 6.45) is 3.03. The fourth-order valence-corrected chi connectivity index (χ4v) is 3.63. The van der Waals surface area contributed by atoms with Crippen LogP contribution < -0.4 is 4.90 Å². The zero-order valence-corrected chi connectivity index (χ0v) is 17.9. The summed E-state index contributed by atoms with van der Waals surface area (Å²) in [5.41, 5.74) is 3.01. The van der Waals surface area contributed by atoms with E-state index in [0.717, 1.165) is 17.0 Å². The lowest BCUT2D eigenvalue weighted by atomic mass is 10.1. The highest BCUT2D eigenvalue weighted by atomic mass is 19.1. The van der Waals surface area contributed by atoms with Gasteiger partial charge >= 0.3 is 0 Å². The zero-order chi connectivity index (χ0) is 21.8. The third-order valence-electron chi connectivity index (χ3n) is 5.16. The van der Waals surface area contributed by atoms with Gasteiger partial charge in [-0.05, 0) is 70.3 Å². The molecule has 1 saturated heterocycles. The van der Waals surface area contributed by atoms with E-state index in [9.17, 15) is 8.78 Å². The van der Waals surface area contributed by atoms with Crippen molar-refractivity contribution < 1.29 is 8.78 Å². The van der Waals surface area contributed by atoms with Crippen LogP contribution >= 0.6 is 0 Å². The van der Waals surface area contributed by atoms with Crippen LogP contribution in [0.5, 0.6) is 0 Å². The Morgan fingerprint density at radius 3 is 2.63 bits per heavy atom. The Labute approximate surface area is 176 Å². The molecule has 1 aliphatic heterocycles. The Hall–Kier alpha value is -3.09. The molecule has 0 amide bonds. The largest absolute Gasteiger partial charge is 0.350 e. The van der Waals surface area contributed by atoms with E-state index >= 15 is 0 Å². The molecule has 0 radical (unpaired) electrons. The molecule has 3 rings (SSSR count). The van der Waals surface area contributed by atoms with Crippen molar-refractivity contribution >= 4 is 12.7 Å². The van der Waals surface area contributed by atoms with E-state index in [2.05, 4.69) is 21.6 Å². The van der Waals surface area contributed by atoms with Crippen molar-refractivity contribution in [1.29, 1.82) is 0 Å². The summed E-state index contributed by atoms with van der Waals surface area (Å²) < 4.78 is 28.0. The highest BCUT2D eigenvalue weighted by Gasteiger charge is 2.28. The van der Waals surface area contributed by atoms with Crippen LogP contribution in [0.25, 0.3) is 11.3 Å². The molecular formula is C23H27F2N5. The molecule has 1 unspecified atom stereocenters. The van der Waals surface area contributed by atoms with E-state index in [1.807, 2.05) is 24.8 Å². The van der Waals surface area contributed by atoms with Crippen molar-refractivity contribution in [1.82, 2.24) is 14.9 Å². The van der Waals surface area contributed by atoms with E-state index in [0.29, 0.717) is 31.1 Å². The molecule has 0 bridgehead atoms. The number of anilines is 1. The highest BCUT2D eigenvalue weighted by molar-refractivity contribution is 5.62. The number of allylic oxidation sites excluding steroid dienone is 3. The summed E-state index contributed by atoms with van der Waals surface area (Å²) in [5.74, 6) is 0.241. The third-order valence-corrected chi connectivity index (χ3v) is 5.16. The maximum absolute atomic E-state index is 14.3. The second-order valence-electron chi connectivity index (χ2n) is 7.48. The topological polar surface area (TPSA) is 44.6 Å². The fourth-order valence-electron chi connectivity index (χ4n) is 3.63. The third kappa shape index (κ3) is 4.56. The van der Waals surface area contributed by atoms with Gasteiger partial charge in [-0.2, -0.15) is 0 Å². The molecule has 2 heterocycles. The van der Waals surface area contributed by atoms with Crippen molar-refractivity contribution in [3.8, 4) is 11.3 Å². The van der Waals surface area contributed by atoms with Gasteiger partial charge in [-0.1, -0.05) is 6.08 Å². The Kier molecular flexibility index (Phi) is 6.59. The van der Waals surface area contributed by atoms with Gasteiger partial charge in [-0.15, -0.1) is 0 Å². The van der Waals surface area contributed by atoms with Crippen LogP contribution in [0.3, 0.4) is 0 Å². The minimum atomic E-state index is -0.395. The Bertz CT molecular complexity index is 999. The van der Waals surface area contributed by atoms with Gasteiger partial charge in [0.1, 0.15) is 5.82 Å². The van der Waals surface area contributed by atoms with Crippen LogP contribution in [0.15, 0.2) is 53.1 Å². The second kappa shape index (κ2) is 9.15. The molecule has 1 aliphatic rings. The maximum atomic E-state index is 14.3. The van der Waals surface area contributed by atoms with E-state index in [1.54, 1.807) is 32.1 Å². The number of nitrogens with zero attached hydrogens (tertiary/aromatic N) is 5. The van der Waals surface area contributed by atoms with Gasteiger partial charge in [0.15, 0.2) is 11.6 Å². The van der Waals surface area contributed by atoms with Crippen LogP contribution in [-0.4, -0.2) is 47.3 Å². The van der Waals surface area contributed by atoms with Crippen molar-refractivity contribution in [2.75, 3.05) is 24.5 Å². The summed E-state index contributed by atoms with van der Waals surface area (Å²) in [6, 6.07) is 6.91. The summed E-state index contributed by atoms with van der Waals surface area (Å²) in [5, 5.41) is 0. The van der Waals surface area contributed by atoms with E-state index < -0.39 is 5.83 Å². The Morgan fingerprint density at radius 1 is 1.23 bits per heavy atom. The van der Waals surface area contributed by atoms with E-state index in [4.69, 9.17) is 4.98 Å². The first-order chi connectivity index (χ1) is 14.3. The summed E-state index contributed by atoms with van der Waals surface area (Å²) >= 11 is 0. The highest BCUT2D eigenvalue weighted by Crippen LogP contribution is 2.26. The number of halogens is 2. The van der Waals surface area contributed by atoms with Gasteiger partial charge in [0.25, 0.3) is 0 Å². The van der Waals surface area contributed by atoms with Gasteiger partial charge in [0.2, 0.25) is 5.95 Å². The number of aryl methyl sites for hydroxylation is 2. The van der Waals surface area contributed by atoms with Crippen LogP contribution in [0, 0.1) is 19.7 Å². The standard InChI is InChI=1S/C23H27F2N5/c1-6-7-20(25)22(26-5)29-10-11-30(17(4)14-29)23-27-16(3)13-21(28-23)18-8-9-19(24)15(2)12-18/h6-9,12-13,17H,5,10-11,14H2,1-4H3/b7-6-,22-20-. The molecule has 1 aromatic heterocycles. The number of benzene rings is 1. The SMILES string of the molecule is C=N/C(=C(F)\C=C/C)N1CCN(c2nc(C)cc(-c3ccc(F)c(C)c3)n2)C(C)C1. The predicted octanol–water partition coefficient (Wildman–Crippen LogP) is 4.83. The second-order valence-corrected chi connectivity index (χ2v) is 7.48. The number of hydrogen-bond acceptors (Lipinski definition) is 5. The first-order valence-corrected chi connectivity index (χ1v) is 9.97. The average molecular weight is 412 g/mol. The maximum Gasteiger partial charge on any atom is 0.226 e. The summed E-state index contributed by atoms with van der Waals surface area (Å²) in [6.45, 7) is 12.8. The smallest absolute Gasteiger partial charge is 0.226 e. The molecule has 5 nitrogen and oxygen atoms in total. The minimum absolute atomic E-state index is 0.0403. The molecule has 0 aliphatic carbocycles. The molecular weight excluding hydrogens is 384 g/mol. The van der Waals surface area contributed by atoms with Crippen molar-refractivity contribution in [3.05, 3.63) is 65.1 Å². The molecule has 1 aromatic carbocycles. The normalized spacial score (nSPS) is 18.0. The van der Waals surface area contributed by atoms with Gasteiger partial charge in [0, 0.05) is 36.9 Å². The molecule has 0 spiro atoms. The van der Waals surface area contributed by atoms with Crippen LogP contribution in [0.4, 0.5) is 14.7 Å². The minimum Gasteiger partial charge on any atom is -0.350 e. The first kappa shape index (κ1) is 21.6. The molecule has 158 valence electrons. The van der Waals surface area contributed by atoms with Gasteiger partial charge in [-0.25, -0.2) is 23.7 Å². The first-order valence-electron chi connectivity index (χ1n) is 9.97. The number of hydrogen-bond donors (Lipinski definition) is 0. The Morgan fingerprint density at radius 2 is 2.00 bits per heavy atom. The lowest BCUT2D eigenvalue weighted by molar-refractivity contribution is 0.272.